The second-order valence-electron chi connectivity index (χ2n) is 5.85. The first-order valence-corrected chi connectivity index (χ1v) is 8.75. The summed E-state index contributed by atoms with van der Waals surface area (Å²) in [5.41, 5.74) is 1.32. The van der Waals surface area contributed by atoms with E-state index >= 15 is 0 Å². The minimum absolute atomic E-state index is 0.124. The number of aromatic nitrogens is 2. The normalized spacial score (nSPS) is 19.5. The van der Waals surface area contributed by atoms with Crippen LogP contribution in [0.25, 0.3) is 0 Å². The van der Waals surface area contributed by atoms with E-state index in [4.69, 9.17) is 0 Å². The lowest BCUT2D eigenvalue weighted by molar-refractivity contribution is 0.539. The predicted molar refractivity (Wildman–Crippen MR) is 76.1 cm³/mol. The van der Waals surface area contributed by atoms with Crippen molar-refractivity contribution >= 4 is 10.0 Å². The van der Waals surface area contributed by atoms with Gasteiger partial charge in [-0.2, -0.15) is 5.10 Å². The van der Waals surface area contributed by atoms with Gasteiger partial charge in [0.15, 0.2) is 0 Å². The van der Waals surface area contributed by atoms with Gasteiger partial charge in [-0.15, -0.1) is 0 Å². The lowest BCUT2D eigenvalue weighted by Gasteiger charge is -2.07. The van der Waals surface area contributed by atoms with E-state index in [0.29, 0.717) is 23.2 Å². The molecule has 0 amide bonds. The van der Waals surface area contributed by atoms with Crippen LogP contribution in [0.5, 0.6) is 0 Å². The van der Waals surface area contributed by atoms with Crippen molar-refractivity contribution in [2.45, 2.75) is 63.1 Å². The third-order valence-electron chi connectivity index (χ3n) is 3.82. The maximum atomic E-state index is 12.3. The van der Waals surface area contributed by atoms with Gasteiger partial charge >= 0.3 is 0 Å². The van der Waals surface area contributed by atoms with Gasteiger partial charge in [0, 0.05) is 18.6 Å². The summed E-state index contributed by atoms with van der Waals surface area (Å²) in [6.07, 6.45) is 4.39. The van der Waals surface area contributed by atoms with E-state index in [1.807, 2.05) is 6.92 Å². The second kappa shape index (κ2) is 5.13. The number of rotatable bonds is 7. The summed E-state index contributed by atoms with van der Waals surface area (Å²) < 4.78 is 29.2. The van der Waals surface area contributed by atoms with E-state index in [-0.39, 0.29) is 6.04 Å². The van der Waals surface area contributed by atoms with Crippen LogP contribution in [0.15, 0.2) is 4.90 Å². The summed E-state index contributed by atoms with van der Waals surface area (Å²) in [7, 11) is -3.42. The molecule has 1 aromatic rings. The fraction of sp³-hybridized carbons (Fsp3) is 0.769. The first kappa shape index (κ1) is 14.0. The molecule has 2 aliphatic rings. The molecule has 1 aromatic heterocycles. The van der Waals surface area contributed by atoms with Crippen LogP contribution in [0, 0.1) is 13.8 Å². The Kier molecular flexibility index (Phi) is 3.60. The molecule has 0 aromatic carbocycles. The predicted octanol–water partition coefficient (Wildman–Crippen LogP) is 0.693. The molecule has 2 aliphatic carbocycles. The number of hydrogen-bond acceptors (Lipinski definition) is 4. The van der Waals surface area contributed by atoms with E-state index in [1.165, 1.54) is 12.8 Å². The average Bonchev–Trinajstić information content (AvgIpc) is 3.23. The lowest BCUT2D eigenvalue weighted by atomic mass is 10.4. The van der Waals surface area contributed by atoms with Gasteiger partial charge in [-0.25, -0.2) is 13.1 Å². The summed E-state index contributed by atoms with van der Waals surface area (Å²) in [4.78, 5) is 0.357. The minimum atomic E-state index is -3.42. The van der Waals surface area contributed by atoms with Crippen LogP contribution >= 0.6 is 0 Å². The molecule has 0 aliphatic heterocycles. The Morgan fingerprint density at radius 2 is 1.85 bits per heavy atom. The Hall–Kier alpha value is -0.920. The van der Waals surface area contributed by atoms with E-state index in [9.17, 15) is 8.42 Å². The molecule has 2 saturated carbocycles. The largest absolute Gasteiger partial charge is 0.312 e. The minimum Gasteiger partial charge on any atom is -0.312 e. The van der Waals surface area contributed by atoms with Gasteiger partial charge in [-0.1, -0.05) is 0 Å². The molecule has 0 atom stereocenters. The Bertz CT molecular complexity index is 600. The van der Waals surface area contributed by atoms with E-state index in [2.05, 4.69) is 15.1 Å². The standard InChI is InChI=1S/C13H22N4O2S/c1-9-13(20(18,19)16-12-5-6-12)10(2)17(15-9)8-7-14-11-3-4-11/h11-12,14,16H,3-8H2,1-2H3. The van der Waals surface area contributed by atoms with Gasteiger partial charge in [-0.3, -0.25) is 4.68 Å². The van der Waals surface area contributed by atoms with Crippen molar-refractivity contribution < 1.29 is 8.42 Å². The van der Waals surface area contributed by atoms with Gasteiger partial charge in [0.1, 0.15) is 4.90 Å². The first-order chi connectivity index (χ1) is 9.47. The number of aryl methyl sites for hydroxylation is 1. The molecule has 2 N–H and O–H groups in total. The van der Waals surface area contributed by atoms with Crippen molar-refractivity contribution in [1.82, 2.24) is 19.8 Å². The zero-order valence-corrected chi connectivity index (χ0v) is 12.8. The molecule has 0 unspecified atom stereocenters. The molecule has 0 spiro atoms. The molecular weight excluding hydrogens is 276 g/mol. The lowest BCUT2D eigenvalue weighted by Crippen LogP contribution is -2.27. The molecule has 112 valence electrons. The quantitative estimate of drug-likeness (QED) is 0.776. The number of nitrogens with zero attached hydrogens (tertiary/aromatic N) is 2. The van der Waals surface area contributed by atoms with Gasteiger partial charge < -0.3 is 5.32 Å². The average molecular weight is 298 g/mol. The van der Waals surface area contributed by atoms with Crippen LogP contribution in [-0.4, -0.2) is 36.8 Å². The molecule has 6 nitrogen and oxygen atoms in total. The van der Waals surface area contributed by atoms with Crippen molar-refractivity contribution in [3.63, 3.8) is 0 Å². The smallest absolute Gasteiger partial charge is 0.244 e. The first-order valence-electron chi connectivity index (χ1n) is 7.27. The summed E-state index contributed by atoms with van der Waals surface area (Å²) in [5, 5.41) is 7.79. The molecule has 0 bridgehead atoms. The maximum Gasteiger partial charge on any atom is 0.244 e. The summed E-state index contributed by atoms with van der Waals surface area (Å²) >= 11 is 0. The number of hydrogen-bond donors (Lipinski definition) is 2. The van der Waals surface area contributed by atoms with Crippen LogP contribution in [0.3, 0.4) is 0 Å². The zero-order valence-electron chi connectivity index (χ0n) is 12.0. The van der Waals surface area contributed by atoms with Gasteiger partial charge in [0.25, 0.3) is 0 Å². The fourth-order valence-corrected chi connectivity index (χ4v) is 4.15. The van der Waals surface area contributed by atoms with Crippen molar-refractivity contribution in [2.75, 3.05) is 6.54 Å². The van der Waals surface area contributed by atoms with Gasteiger partial charge in [-0.05, 0) is 39.5 Å². The van der Waals surface area contributed by atoms with Crippen LogP contribution < -0.4 is 10.0 Å². The third kappa shape index (κ3) is 3.05. The molecule has 20 heavy (non-hydrogen) atoms. The fourth-order valence-electron chi connectivity index (χ4n) is 2.43. The highest BCUT2D eigenvalue weighted by molar-refractivity contribution is 7.89. The number of sulfonamides is 1. The van der Waals surface area contributed by atoms with Gasteiger partial charge in [0.05, 0.1) is 17.9 Å². The Labute approximate surface area is 120 Å². The molecule has 1 heterocycles. The monoisotopic (exact) mass is 298 g/mol. The Morgan fingerprint density at radius 3 is 2.45 bits per heavy atom. The highest BCUT2D eigenvalue weighted by atomic mass is 32.2. The SMILES string of the molecule is Cc1nn(CCNC2CC2)c(C)c1S(=O)(=O)NC1CC1. The molecule has 0 saturated heterocycles. The van der Waals surface area contributed by atoms with Crippen molar-refractivity contribution in [3.8, 4) is 0 Å². The molecule has 7 heteroatoms. The van der Waals surface area contributed by atoms with Crippen LogP contribution in [0.2, 0.25) is 0 Å². The molecule has 2 fully saturated rings. The van der Waals surface area contributed by atoms with Crippen molar-refractivity contribution in [2.24, 2.45) is 0 Å². The topological polar surface area (TPSA) is 76.0 Å². The van der Waals surface area contributed by atoms with Crippen LogP contribution in [0.4, 0.5) is 0 Å². The second-order valence-corrected chi connectivity index (χ2v) is 7.50. The van der Waals surface area contributed by atoms with Crippen molar-refractivity contribution in [3.05, 3.63) is 11.4 Å². The summed E-state index contributed by atoms with van der Waals surface area (Å²) in [6, 6.07) is 0.783. The molecule has 3 rings (SSSR count). The summed E-state index contributed by atoms with van der Waals surface area (Å²) in [5.74, 6) is 0. The highest BCUT2D eigenvalue weighted by Gasteiger charge is 2.31. The van der Waals surface area contributed by atoms with Crippen LogP contribution in [-0.2, 0) is 16.6 Å². The van der Waals surface area contributed by atoms with Gasteiger partial charge in [0.2, 0.25) is 10.0 Å². The van der Waals surface area contributed by atoms with Crippen LogP contribution in [0.1, 0.15) is 37.1 Å². The van der Waals surface area contributed by atoms with Crippen molar-refractivity contribution in [1.29, 1.82) is 0 Å². The number of nitrogens with one attached hydrogen (secondary N) is 2. The van der Waals surface area contributed by atoms with E-state index in [1.54, 1.807) is 11.6 Å². The molecule has 0 radical (unpaired) electrons. The summed E-state index contributed by atoms with van der Waals surface area (Å²) in [6.45, 7) is 5.14. The maximum absolute atomic E-state index is 12.3. The Morgan fingerprint density at radius 1 is 1.20 bits per heavy atom. The highest BCUT2D eigenvalue weighted by Crippen LogP contribution is 2.25. The zero-order chi connectivity index (χ0) is 14.3. The Balaban J connectivity index is 1.74. The van der Waals surface area contributed by atoms with E-state index in [0.717, 1.165) is 25.1 Å². The molecular formula is C13H22N4O2S. The third-order valence-corrected chi connectivity index (χ3v) is 5.59. The van der Waals surface area contributed by atoms with E-state index < -0.39 is 10.0 Å².